The van der Waals surface area contributed by atoms with Gasteiger partial charge in [-0.05, 0) is 43.2 Å². The normalized spacial score (nSPS) is 16.6. The highest BCUT2D eigenvalue weighted by Gasteiger charge is 2.33. The number of pyridine rings is 1. The number of piperidine rings is 1. The zero-order valence-corrected chi connectivity index (χ0v) is 24.2. The molecule has 6 nitrogen and oxygen atoms in total. The lowest BCUT2D eigenvalue weighted by Gasteiger charge is -2.42. The molecular formula is C35H33F3N4O2. The van der Waals surface area contributed by atoms with E-state index in [1.165, 1.54) is 12.1 Å². The van der Waals surface area contributed by atoms with E-state index in [9.17, 15) is 22.8 Å². The fraction of sp³-hybridized carbons (Fsp3) is 0.286. The molecule has 0 aliphatic carbocycles. The second kappa shape index (κ2) is 12.6. The molecule has 2 saturated heterocycles. The van der Waals surface area contributed by atoms with E-state index in [1.807, 2.05) is 77.7 Å². The third kappa shape index (κ3) is 6.53. The molecule has 0 radical (unpaired) electrons. The van der Waals surface area contributed by atoms with Crippen LogP contribution in [0, 0.1) is 0 Å². The van der Waals surface area contributed by atoms with Gasteiger partial charge in [0.2, 0.25) is 0 Å². The first kappa shape index (κ1) is 29.6. The summed E-state index contributed by atoms with van der Waals surface area (Å²) in [6.07, 6.45) is -3.01. The maximum Gasteiger partial charge on any atom is 0.416 e. The summed E-state index contributed by atoms with van der Waals surface area (Å²) in [4.78, 5) is 37.5. The predicted molar refractivity (Wildman–Crippen MR) is 163 cm³/mol. The van der Waals surface area contributed by atoms with E-state index in [0.29, 0.717) is 31.7 Å². The average molecular weight is 599 g/mol. The van der Waals surface area contributed by atoms with Gasteiger partial charge in [-0.25, -0.2) is 4.98 Å². The molecule has 0 unspecified atom stereocenters. The lowest BCUT2D eigenvalue weighted by molar-refractivity contribution is -0.137. The first-order valence-electron chi connectivity index (χ1n) is 14.9. The molecule has 0 N–H and O–H groups in total. The van der Waals surface area contributed by atoms with Gasteiger partial charge in [0.1, 0.15) is 0 Å². The summed E-state index contributed by atoms with van der Waals surface area (Å²) in [5.41, 5.74) is 3.25. The Labute approximate surface area is 254 Å². The Hall–Kier alpha value is -4.50. The van der Waals surface area contributed by atoms with Crippen LogP contribution in [0.1, 0.15) is 39.1 Å². The molecule has 2 aliphatic heterocycles. The second-order valence-corrected chi connectivity index (χ2v) is 11.3. The molecule has 9 heteroatoms. The van der Waals surface area contributed by atoms with Crippen molar-refractivity contribution in [1.29, 1.82) is 0 Å². The number of halogens is 3. The fourth-order valence-corrected chi connectivity index (χ4v) is 6.09. The van der Waals surface area contributed by atoms with Crippen molar-refractivity contribution in [3.8, 4) is 22.5 Å². The van der Waals surface area contributed by atoms with Crippen LogP contribution < -0.4 is 0 Å². The van der Waals surface area contributed by atoms with Crippen molar-refractivity contribution in [3.63, 3.8) is 0 Å². The van der Waals surface area contributed by atoms with E-state index in [-0.39, 0.29) is 23.4 Å². The molecule has 6 rings (SSSR count). The van der Waals surface area contributed by atoms with Crippen LogP contribution in [-0.2, 0) is 6.18 Å². The Balaban J connectivity index is 1.08. The van der Waals surface area contributed by atoms with Crippen molar-refractivity contribution >= 4 is 11.8 Å². The third-order valence-corrected chi connectivity index (χ3v) is 8.52. The number of nitrogens with zero attached hydrogens (tertiary/aromatic N) is 4. The van der Waals surface area contributed by atoms with Gasteiger partial charge < -0.3 is 9.80 Å². The van der Waals surface area contributed by atoms with Crippen molar-refractivity contribution in [2.45, 2.75) is 25.1 Å². The van der Waals surface area contributed by atoms with E-state index in [2.05, 4.69) is 4.90 Å². The predicted octanol–water partition coefficient (Wildman–Crippen LogP) is 6.50. The van der Waals surface area contributed by atoms with Crippen molar-refractivity contribution in [3.05, 3.63) is 114 Å². The van der Waals surface area contributed by atoms with Crippen LogP contribution in [0.15, 0.2) is 97.1 Å². The summed E-state index contributed by atoms with van der Waals surface area (Å²) in [6, 6.07) is 28.3. The van der Waals surface area contributed by atoms with Crippen LogP contribution in [0.2, 0.25) is 0 Å². The average Bonchev–Trinajstić information content (AvgIpc) is 3.08. The van der Waals surface area contributed by atoms with Gasteiger partial charge in [0.05, 0.1) is 17.0 Å². The van der Waals surface area contributed by atoms with Crippen LogP contribution in [-0.4, -0.2) is 76.8 Å². The molecule has 1 aromatic heterocycles. The van der Waals surface area contributed by atoms with Crippen molar-refractivity contribution < 1.29 is 22.8 Å². The number of rotatable bonds is 5. The maximum atomic E-state index is 13.8. The molecular weight excluding hydrogens is 565 g/mol. The minimum Gasteiger partial charge on any atom is -0.339 e. The van der Waals surface area contributed by atoms with Gasteiger partial charge in [-0.1, -0.05) is 66.7 Å². The van der Waals surface area contributed by atoms with E-state index >= 15 is 0 Å². The van der Waals surface area contributed by atoms with Crippen molar-refractivity contribution in [1.82, 2.24) is 19.7 Å². The monoisotopic (exact) mass is 598 g/mol. The summed E-state index contributed by atoms with van der Waals surface area (Å²) in [7, 11) is 0. The maximum absolute atomic E-state index is 13.8. The minimum atomic E-state index is -4.49. The number of amides is 2. The molecule has 2 amide bonds. The van der Waals surface area contributed by atoms with Crippen molar-refractivity contribution in [2.75, 3.05) is 39.3 Å². The number of piperazine rings is 1. The minimum absolute atomic E-state index is 0.0251. The Bertz CT molecular complexity index is 1550. The zero-order valence-electron chi connectivity index (χ0n) is 24.2. The standard InChI is InChI=1S/C35H33F3N4O2/c36-35(37,38)29-13-7-12-27(22-29)33(43)41-16-14-30(15-17-41)40-18-20-42(21-19-40)34(44)28-23-31(25-8-3-1-4-9-25)39-32(24-28)26-10-5-2-6-11-26/h1-13,22-24,30H,14-21H2. The third-order valence-electron chi connectivity index (χ3n) is 8.52. The fourth-order valence-electron chi connectivity index (χ4n) is 6.09. The quantitative estimate of drug-likeness (QED) is 0.263. The first-order chi connectivity index (χ1) is 21.3. The van der Waals surface area contributed by atoms with Crippen molar-refractivity contribution in [2.24, 2.45) is 0 Å². The number of likely N-dealkylation sites (tertiary alicyclic amines) is 1. The molecule has 3 aromatic carbocycles. The number of benzene rings is 3. The van der Waals surface area contributed by atoms with E-state index in [4.69, 9.17) is 4.98 Å². The highest BCUT2D eigenvalue weighted by Crippen LogP contribution is 2.30. The van der Waals surface area contributed by atoms with Gasteiger partial charge in [0.25, 0.3) is 11.8 Å². The summed E-state index contributed by atoms with van der Waals surface area (Å²) in [5.74, 6) is -0.394. The summed E-state index contributed by atoms with van der Waals surface area (Å²) >= 11 is 0. The Morgan fingerprint density at radius 3 is 1.68 bits per heavy atom. The number of hydrogen-bond acceptors (Lipinski definition) is 4. The summed E-state index contributed by atoms with van der Waals surface area (Å²) in [6.45, 7) is 3.60. The summed E-state index contributed by atoms with van der Waals surface area (Å²) in [5, 5.41) is 0. The Morgan fingerprint density at radius 1 is 0.614 bits per heavy atom. The lowest BCUT2D eigenvalue weighted by Crippen LogP contribution is -2.54. The second-order valence-electron chi connectivity index (χ2n) is 11.3. The summed E-state index contributed by atoms with van der Waals surface area (Å²) < 4.78 is 39.4. The van der Waals surface area contributed by atoms with Gasteiger partial charge in [-0.2, -0.15) is 13.2 Å². The molecule has 2 aliphatic rings. The lowest BCUT2D eigenvalue weighted by atomic mass is 10.0. The largest absolute Gasteiger partial charge is 0.416 e. The number of alkyl halides is 3. The van der Waals surface area contributed by atoms with Gasteiger partial charge in [-0.3, -0.25) is 14.5 Å². The van der Waals surface area contributed by atoms with Crippen LogP contribution in [0.3, 0.4) is 0 Å². The highest BCUT2D eigenvalue weighted by atomic mass is 19.4. The topological polar surface area (TPSA) is 56.8 Å². The molecule has 44 heavy (non-hydrogen) atoms. The number of carbonyl (C=O) groups excluding carboxylic acids is 2. The van der Waals surface area contributed by atoms with Crippen LogP contribution in [0.5, 0.6) is 0 Å². The number of hydrogen-bond donors (Lipinski definition) is 0. The van der Waals surface area contributed by atoms with Gasteiger partial charge in [-0.15, -0.1) is 0 Å². The van der Waals surface area contributed by atoms with E-state index < -0.39 is 11.7 Å². The SMILES string of the molecule is O=C(c1cccc(C(F)(F)F)c1)N1CCC(N2CCN(C(=O)c3cc(-c4ccccc4)nc(-c4ccccc4)c3)CC2)CC1. The molecule has 0 bridgehead atoms. The smallest absolute Gasteiger partial charge is 0.339 e. The molecule has 4 aromatic rings. The van der Waals surface area contributed by atoms with Gasteiger partial charge in [0, 0.05) is 67.6 Å². The molecule has 0 saturated carbocycles. The highest BCUT2D eigenvalue weighted by molar-refractivity contribution is 5.96. The molecule has 226 valence electrons. The zero-order chi connectivity index (χ0) is 30.7. The first-order valence-corrected chi connectivity index (χ1v) is 14.9. The van der Waals surface area contributed by atoms with Gasteiger partial charge in [0.15, 0.2) is 0 Å². The van der Waals surface area contributed by atoms with Crippen LogP contribution in [0.4, 0.5) is 13.2 Å². The Morgan fingerprint density at radius 2 is 1.14 bits per heavy atom. The van der Waals surface area contributed by atoms with Crippen LogP contribution in [0.25, 0.3) is 22.5 Å². The van der Waals surface area contributed by atoms with Gasteiger partial charge >= 0.3 is 6.18 Å². The van der Waals surface area contributed by atoms with E-state index in [1.54, 1.807) is 4.90 Å². The molecule has 3 heterocycles. The van der Waals surface area contributed by atoms with Crippen LogP contribution >= 0.6 is 0 Å². The Kier molecular flexibility index (Phi) is 8.48. The number of aromatic nitrogens is 1. The van der Waals surface area contributed by atoms with E-state index in [0.717, 1.165) is 60.6 Å². The molecule has 0 atom stereocenters. The number of carbonyl (C=O) groups is 2. The molecule has 0 spiro atoms. The molecule has 2 fully saturated rings.